The van der Waals surface area contributed by atoms with Crippen molar-refractivity contribution < 1.29 is 0 Å². The first-order valence-electron chi connectivity index (χ1n) is 10.1. The van der Waals surface area contributed by atoms with Gasteiger partial charge < -0.3 is 16.0 Å². The summed E-state index contributed by atoms with van der Waals surface area (Å²) in [6, 6.07) is 9.15. The van der Waals surface area contributed by atoms with E-state index in [0.717, 1.165) is 62.5 Å². The number of rotatable bonds is 7. The summed E-state index contributed by atoms with van der Waals surface area (Å²) in [7, 11) is 0. The highest BCUT2D eigenvalue weighted by Crippen LogP contribution is 2.16. The molecule has 1 saturated heterocycles. The third-order valence-corrected chi connectivity index (χ3v) is 5.16. The summed E-state index contributed by atoms with van der Waals surface area (Å²) in [4.78, 5) is 7.26. The highest BCUT2D eigenvalue weighted by molar-refractivity contribution is 9.10. The number of hydrogen-bond acceptors (Lipinski definition) is 3. The lowest BCUT2D eigenvalue weighted by molar-refractivity contribution is 0.198. The molecule has 0 spiro atoms. The number of nitrogens with zero attached hydrogens (tertiary/aromatic N) is 2. The van der Waals surface area contributed by atoms with Crippen LogP contribution in [0.3, 0.4) is 0 Å². The van der Waals surface area contributed by atoms with Crippen LogP contribution in [0.4, 0.5) is 0 Å². The van der Waals surface area contributed by atoms with E-state index in [4.69, 9.17) is 4.99 Å². The van der Waals surface area contributed by atoms with Crippen molar-refractivity contribution in [3.05, 3.63) is 34.3 Å². The maximum atomic E-state index is 4.72. The van der Waals surface area contributed by atoms with E-state index < -0.39 is 0 Å². The van der Waals surface area contributed by atoms with Gasteiger partial charge in [-0.15, -0.1) is 0 Å². The van der Waals surface area contributed by atoms with Crippen molar-refractivity contribution in [3.8, 4) is 0 Å². The van der Waals surface area contributed by atoms with Crippen LogP contribution in [-0.2, 0) is 6.54 Å². The van der Waals surface area contributed by atoms with E-state index in [9.17, 15) is 0 Å². The van der Waals surface area contributed by atoms with Crippen LogP contribution in [0.5, 0.6) is 0 Å². The smallest absolute Gasteiger partial charge is 0.191 e. The summed E-state index contributed by atoms with van der Waals surface area (Å²) < 4.78 is 1.14. The van der Waals surface area contributed by atoms with E-state index in [0.29, 0.717) is 6.04 Å². The van der Waals surface area contributed by atoms with E-state index in [1.165, 1.54) is 5.56 Å². The first-order valence-corrected chi connectivity index (χ1v) is 10.9. The van der Waals surface area contributed by atoms with Crippen LogP contribution in [0, 0.1) is 0 Å². The first kappa shape index (κ1) is 22.2. The molecule has 1 aromatic rings. The Morgan fingerprint density at radius 2 is 1.85 bits per heavy atom. The van der Waals surface area contributed by atoms with E-state index in [1.807, 2.05) is 0 Å². The fourth-order valence-electron chi connectivity index (χ4n) is 3.20. The number of halogens is 1. The molecule has 0 bridgehead atoms. The second-order valence-corrected chi connectivity index (χ2v) is 9.17. The first-order chi connectivity index (χ1) is 12.9. The Bertz CT molecular complexity index is 571. The summed E-state index contributed by atoms with van der Waals surface area (Å²) in [5, 5.41) is 10.5. The molecule has 27 heavy (non-hydrogen) atoms. The number of piperidine rings is 1. The minimum absolute atomic E-state index is 0.142. The minimum atomic E-state index is 0.142. The molecule has 0 unspecified atom stereocenters. The predicted octanol–water partition coefficient (Wildman–Crippen LogP) is 3.36. The van der Waals surface area contributed by atoms with Gasteiger partial charge >= 0.3 is 0 Å². The van der Waals surface area contributed by atoms with Gasteiger partial charge in [0.2, 0.25) is 0 Å². The molecule has 0 amide bonds. The summed E-state index contributed by atoms with van der Waals surface area (Å²) in [5.74, 6) is 0.944. The van der Waals surface area contributed by atoms with Gasteiger partial charge in [0.05, 0.1) is 6.54 Å². The number of guanidine groups is 1. The van der Waals surface area contributed by atoms with Crippen LogP contribution in [0.2, 0.25) is 0 Å². The molecule has 5 nitrogen and oxygen atoms in total. The Hall–Kier alpha value is -1.11. The molecule has 2 rings (SSSR count). The van der Waals surface area contributed by atoms with Gasteiger partial charge in [-0.05, 0) is 58.2 Å². The van der Waals surface area contributed by atoms with Crippen LogP contribution in [0.15, 0.2) is 33.7 Å². The zero-order valence-corrected chi connectivity index (χ0v) is 18.9. The van der Waals surface area contributed by atoms with Gasteiger partial charge in [0.15, 0.2) is 5.96 Å². The van der Waals surface area contributed by atoms with Crippen molar-refractivity contribution in [2.75, 3.05) is 32.7 Å². The lowest BCUT2D eigenvalue weighted by atomic mass is 10.0. The highest BCUT2D eigenvalue weighted by Gasteiger charge is 2.20. The molecule has 0 aromatic heterocycles. The molecule has 1 heterocycles. The summed E-state index contributed by atoms with van der Waals surface area (Å²) >= 11 is 3.50. The third kappa shape index (κ3) is 9.08. The van der Waals surface area contributed by atoms with Crippen LogP contribution in [0.25, 0.3) is 0 Å². The Labute approximate surface area is 173 Å². The van der Waals surface area contributed by atoms with E-state index >= 15 is 0 Å². The molecule has 1 aliphatic heterocycles. The van der Waals surface area contributed by atoms with Crippen LogP contribution in [0.1, 0.15) is 46.1 Å². The second kappa shape index (κ2) is 11.0. The quantitative estimate of drug-likeness (QED) is 0.347. The molecule has 6 heteroatoms. The van der Waals surface area contributed by atoms with Gasteiger partial charge in [0, 0.05) is 48.8 Å². The predicted molar refractivity (Wildman–Crippen MR) is 119 cm³/mol. The highest BCUT2D eigenvalue weighted by atomic mass is 79.9. The number of nitrogens with one attached hydrogen (secondary N) is 3. The molecular formula is C21H36BrN5. The Morgan fingerprint density at radius 1 is 1.19 bits per heavy atom. The third-order valence-electron chi connectivity index (χ3n) is 4.63. The Balaban J connectivity index is 1.75. The second-order valence-electron chi connectivity index (χ2n) is 8.26. The van der Waals surface area contributed by atoms with Crippen LogP contribution in [-0.4, -0.2) is 55.2 Å². The van der Waals surface area contributed by atoms with E-state index in [-0.39, 0.29) is 5.54 Å². The van der Waals surface area contributed by atoms with Crippen LogP contribution >= 0.6 is 15.9 Å². The fourth-order valence-corrected chi connectivity index (χ4v) is 3.46. The standard InChI is InChI=1S/C21H36BrN5/c1-5-23-20(24-12-13-25-21(2,3)4)26-19-10-14-27(15-11-19)16-17-6-8-18(22)9-7-17/h6-9,19,25H,5,10-16H2,1-4H3,(H2,23,24,26). The van der Waals surface area contributed by atoms with Crippen molar-refractivity contribution in [1.29, 1.82) is 0 Å². The lowest BCUT2D eigenvalue weighted by Crippen LogP contribution is -2.48. The van der Waals surface area contributed by atoms with Gasteiger partial charge in [-0.25, -0.2) is 0 Å². The zero-order chi connectivity index (χ0) is 19.7. The molecule has 0 atom stereocenters. The molecule has 0 saturated carbocycles. The average molecular weight is 438 g/mol. The van der Waals surface area contributed by atoms with Crippen molar-refractivity contribution in [1.82, 2.24) is 20.9 Å². The normalized spacial score (nSPS) is 17.1. The van der Waals surface area contributed by atoms with Gasteiger partial charge in [-0.3, -0.25) is 9.89 Å². The monoisotopic (exact) mass is 437 g/mol. The zero-order valence-electron chi connectivity index (χ0n) is 17.3. The molecule has 1 aliphatic rings. The van der Waals surface area contributed by atoms with Gasteiger partial charge in [0.1, 0.15) is 0 Å². The molecule has 152 valence electrons. The van der Waals surface area contributed by atoms with Crippen molar-refractivity contribution >= 4 is 21.9 Å². The molecule has 1 aromatic carbocycles. The Kier molecular flexibility index (Phi) is 9.06. The number of aliphatic imine (C=N–C) groups is 1. The molecular weight excluding hydrogens is 402 g/mol. The topological polar surface area (TPSA) is 51.7 Å². The maximum absolute atomic E-state index is 4.72. The average Bonchev–Trinajstić information content (AvgIpc) is 2.61. The lowest BCUT2D eigenvalue weighted by Gasteiger charge is -2.33. The van der Waals surface area contributed by atoms with E-state index in [1.54, 1.807) is 0 Å². The van der Waals surface area contributed by atoms with Gasteiger partial charge in [0.25, 0.3) is 0 Å². The van der Waals surface area contributed by atoms with E-state index in [2.05, 4.69) is 88.7 Å². The van der Waals surface area contributed by atoms with Crippen molar-refractivity contribution in [2.45, 2.75) is 58.7 Å². The fraction of sp³-hybridized carbons (Fsp3) is 0.667. The van der Waals surface area contributed by atoms with Crippen LogP contribution < -0.4 is 16.0 Å². The number of hydrogen-bond donors (Lipinski definition) is 3. The molecule has 3 N–H and O–H groups in total. The van der Waals surface area contributed by atoms with Crippen molar-refractivity contribution in [2.24, 2.45) is 4.99 Å². The SMILES string of the molecule is CCNC(=NCCNC(C)(C)C)NC1CCN(Cc2ccc(Br)cc2)CC1. The molecule has 0 radical (unpaired) electrons. The largest absolute Gasteiger partial charge is 0.357 e. The minimum Gasteiger partial charge on any atom is -0.357 e. The summed E-state index contributed by atoms with van der Waals surface area (Å²) in [6.45, 7) is 14.5. The van der Waals surface area contributed by atoms with Gasteiger partial charge in [-0.2, -0.15) is 0 Å². The maximum Gasteiger partial charge on any atom is 0.191 e. The summed E-state index contributed by atoms with van der Waals surface area (Å²) in [6.07, 6.45) is 2.31. The van der Waals surface area contributed by atoms with Gasteiger partial charge in [-0.1, -0.05) is 28.1 Å². The Morgan fingerprint density at radius 3 is 2.44 bits per heavy atom. The van der Waals surface area contributed by atoms with Crippen molar-refractivity contribution in [3.63, 3.8) is 0 Å². The number of benzene rings is 1. The number of likely N-dealkylation sites (tertiary alicyclic amines) is 1. The molecule has 0 aliphatic carbocycles. The summed E-state index contributed by atoms with van der Waals surface area (Å²) in [5.41, 5.74) is 1.52. The molecule has 1 fully saturated rings.